The number of nitrogens with one attached hydrogen (secondary N) is 2. The Hall–Kier alpha value is -3.89. The van der Waals surface area contributed by atoms with Gasteiger partial charge in [-0.25, -0.2) is 4.79 Å². The molecule has 1 saturated heterocycles. The van der Waals surface area contributed by atoms with Gasteiger partial charge in [0.2, 0.25) is 18.1 Å². The van der Waals surface area contributed by atoms with Crippen LogP contribution in [0.5, 0.6) is 0 Å². The summed E-state index contributed by atoms with van der Waals surface area (Å²) in [7, 11) is 0. The molecular weight excluding hydrogens is 676 g/mol. The van der Waals surface area contributed by atoms with Gasteiger partial charge >= 0.3 is 12.1 Å². The smallest absolute Gasteiger partial charge is 0.411 e. The van der Waals surface area contributed by atoms with Gasteiger partial charge < -0.3 is 45.8 Å². The molecular formula is C36H52N6O8S. The molecule has 14 nitrogen and oxygen atoms in total. The number of anilines is 1. The minimum absolute atomic E-state index is 0.106. The SMILES string of the molecule is CC(OC(=O)NC(C)(C)C(=O)N[C@H](COCc1ccccc1)C(=O)N1CCC2(CC1)CN([S+](C)[O-])c1ccccc12)OC(=O)C(N)CCCCN. The van der Waals surface area contributed by atoms with Gasteiger partial charge in [-0.2, -0.15) is 4.31 Å². The van der Waals surface area contributed by atoms with Crippen LogP contribution >= 0.6 is 0 Å². The number of fused-ring (bicyclic) bond motifs is 2. The maximum atomic E-state index is 14.0. The van der Waals surface area contributed by atoms with E-state index in [-0.39, 0.29) is 24.5 Å². The molecule has 15 heteroatoms. The Morgan fingerprint density at radius 1 is 1.02 bits per heavy atom. The number of ether oxygens (including phenoxy) is 3. The molecule has 280 valence electrons. The number of hydrogen-bond donors (Lipinski definition) is 4. The van der Waals surface area contributed by atoms with Crippen LogP contribution in [0.4, 0.5) is 10.5 Å². The highest BCUT2D eigenvalue weighted by atomic mass is 32.2. The largest absolute Gasteiger partial charge is 0.593 e. The molecule has 2 aliphatic heterocycles. The molecule has 3 unspecified atom stereocenters. The summed E-state index contributed by atoms with van der Waals surface area (Å²) in [6.07, 6.45) is 2.47. The number of amides is 3. The third kappa shape index (κ3) is 10.6. The van der Waals surface area contributed by atoms with Crippen molar-refractivity contribution < 1.29 is 37.9 Å². The Labute approximate surface area is 303 Å². The van der Waals surface area contributed by atoms with Gasteiger partial charge in [0.05, 0.1) is 36.8 Å². The predicted molar refractivity (Wildman–Crippen MR) is 194 cm³/mol. The first-order valence-corrected chi connectivity index (χ1v) is 18.8. The van der Waals surface area contributed by atoms with Gasteiger partial charge in [-0.15, -0.1) is 0 Å². The number of para-hydroxylation sites is 1. The zero-order valence-electron chi connectivity index (χ0n) is 29.9. The summed E-state index contributed by atoms with van der Waals surface area (Å²) in [6, 6.07) is 15.5. The Kier molecular flexibility index (Phi) is 14.1. The van der Waals surface area contributed by atoms with Crippen molar-refractivity contribution in [3.8, 4) is 0 Å². The molecule has 2 heterocycles. The van der Waals surface area contributed by atoms with Crippen LogP contribution in [0.15, 0.2) is 54.6 Å². The second kappa shape index (κ2) is 18.0. The minimum atomic E-state index is -1.53. The fourth-order valence-electron chi connectivity index (χ4n) is 6.39. The number of carbonyl (C=O) groups excluding carboxylic acids is 4. The first kappa shape index (κ1) is 39.9. The van der Waals surface area contributed by atoms with Crippen molar-refractivity contribution in [2.24, 2.45) is 11.5 Å². The number of rotatable bonds is 16. The van der Waals surface area contributed by atoms with E-state index in [1.165, 1.54) is 20.8 Å². The molecule has 0 bridgehead atoms. The zero-order chi connectivity index (χ0) is 37.2. The number of alkyl carbamates (subject to hydrolysis) is 1. The quantitative estimate of drug-likeness (QED) is 0.0855. The average Bonchev–Trinajstić information content (AvgIpc) is 3.41. The van der Waals surface area contributed by atoms with Crippen molar-refractivity contribution in [1.29, 1.82) is 0 Å². The summed E-state index contributed by atoms with van der Waals surface area (Å²) in [5.74, 6) is -1.68. The van der Waals surface area contributed by atoms with E-state index in [1.807, 2.05) is 52.8 Å². The van der Waals surface area contributed by atoms with Crippen LogP contribution in [-0.4, -0.2) is 96.3 Å². The van der Waals surface area contributed by atoms with Crippen LogP contribution in [0.25, 0.3) is 0 Å². The predicted octanol–water partition coefficient (Wildman–Crippen LogP) is 2.21. The van der Waals surface area contributed by atoms with Crippen molar-refractivity contribution in [2.45, 2.75) is 88.8 Å². The number of piperidine rings is 1. The molecule has 4 rings (SSSR count). The lowest BCUT2D eigenvalue weighted by Gasteiger charge is -2.41. The molecule has 6 N–H and O–H groups in total. The van der Waals surface area contributed by atoms with Crippen molar-refractivity contribution in [1.82, 2.24) is 15.5 Å². The number of nitrogens with two attached hydrogens (primary N) is 2. The van der Waals surface area contributed by atoms with Crippen LogP contribution in [0, 0.1) is 0 Å². The molecule has 1 spiro atoms. The molecule has 0 saturated carbocycles. The van der Waals surface area contributed by atoms with Gasteiger partial charge in [0.15, 0.2) is 0 Å². The van der Waals surface area contributed by atoms with E-state index >= 15 is 0 Å². The summed E-state index contributed by atoms with van der Waals surface area (Å²) in [4.78, 5) is 54.4. The van der Waals surface area contributed by atoms with Gasteiger partial charge in [-0.3, -0.25) is 14.4 Å². The number of carbonyl (C=O) groups is 4. The third-order valence-electron chi connectivity index (χ3n) is 9.34. The highest BCUT2D eigenvalue weighted by Crippen LogP contribution is 2.47. The lowest BCUT2D eigenvalue weighted by atomic mass is 9.74. The van der Waals surface area contributed by atoms with E-state index in [9.17, 15) is 23.7 Å². The van der Waals surface area contributed by atoms with Gasteiger partial charge in [-0.05, 0) is 63.3 Å². The molecule has 2 aromatic carbocycles. The van der Waals surface area contributed by atoms with Crippen LogP contribution in [0.3, 0.4) is 0 Å². The summed E-state index contributed by atoms with van der Waals surface area (Å²) >= 11 is -1.19. The number of likely N-dealkylation sites (tertiary alicyclic amines) is 1. The monoisotopic (exact) mass is 728 g/mol. The zero-order valence-corrected chi connectivity index (χ0v) is 30.7. The summed E-state index contributed by atoms with van der Waals surface area (Å²) in [6.45, 7) is 6.37. The van der Waals surface area contributed by atoms with Gasteiger partial charge in [0.25, 0.3) is 0 Å². The van der Waals surface area contributed by atoms with Crippen molar-refractivity contribution in [3.05, 3.63) is 65.7 Å². The van der Waals surface area contributed by atoms with Crippen LogP contribution in [0.1, 0.15) is 64.0 Å². The van der Waals surface area contributed by atoms with Crippen molar-refractivity contribution in [2.75, 3.05) is 43.3 Å². The lowest BCUT2D eigenvalue weighted by molar-refractivity contribution is -0.167. The first-order chi connectivity index (χ1) is 24.3. The number of hydrogen-bond acceptors (Lipinski definition) is 11. The maximum absolute atomic E-state index is 14.0. The number of nitrogens with zero attached hydrogens (tertiary/aromatic N) is 2. The normalized spacial score (nSPS) is 17.5. The molecule has 2 aliphatic rings. The average molecular weight is 729 g/mol. The Morgan fingerprint density at radius 3 is 2.35 bits per heavy atom. The third-order valence-corrected chi connectivity index (χ3v) is 10.3. The molecule has 4 atom stereocenters. The van der Waals surface area contributed by atoms with Crippen LogP contribution in [-0.2, 0) is 52.0 Å². The minimum Gasteiger partial charge on any atom is -0.593 e. The molecule has 0 aliphatic carbocycles. The van der Waals surface area contributed by atoms with Gasteiger partial charge in [0, 0.05) is 25.4 Å². The standard InChI is InChI=1S/C36H52N6O8S/c1-25(49-32(44)28(38)15-10-11-19-37)50-34(46)40-35(2,3)33(45)39-29(23-48-22-26-12-6-5-7-13-26)31(43)41-20-17-36(18-21-41)24-42(51(4)47)30-16-9-8-14-27(30)36/h5-9,12-14,16,25,28-29H,10-11,15,17-24,37-38H2,1-4H3,(H,39,45)(H,40,46)/t25?,28?,29-,51?/m1/s1. The van der Waals surface area contributed by atoms with Gasteiger partial charge in [0.1, 0.15) is 23.9 Å². The van der Waals surface area contributed by atoms with E-state index in [2.05, 4.69) is 16.7 Å². The lowest BCUT2D eigenvalue weighted by Crippen LogP contribution is -2.61. The summed E-state index contributed by atoms with van der Waals surface area (Å²) < 4.78 is 30.7. The first-order valence-electron chi connectivity index (χ1n) is 17.3. The molecule has 1 fully saturated rings. The summed E-state index contributed by atoms with van der Waals surface area (Å²) in [5, 5.41) is 5.27. The number of unbranched alkanes of at least 4 members (excludes halogenated alkanes) is 1. The van der Waals surface area contributed by atoms with E-state index in [0.29, 0.717) is 58.3 Å². The van der Waals surface area contributed by atoms with Crippen molar-refractivity contribution >= 4 is 40.9 Å². The Bertz CT molecular complexity index is 1490. The molecule has 3 amide bonds. The fraction of sp³-hybridized carbons (Fsp3) is 0.556. The fourth-order valence-corrected chi connectivity index (χ4v) is 7.26. The van der Waals surface area contributed by atoms with E-state index < -0.39 is 53.2 Å². The Morgan fingerprint density at radius 2 is 1.69 bits per heavy atom. The van der Waals surface area contributed by atoms with E-state index in [0.717, 1.165) is 16.8 Å². The topological polar surface area (TPSA) is 202 Å². The molecule has 0 aromatic heterocycles. The number of esters is 1. The molecule has 51 heavy (non-hydrogen) atoms. The summed E-state index contributed by atoms with van der Waals surface area (Å²) in [5.41, 5.74) is 12.6. The highest BCUT2D eigenvalue weighted by molar-refractivity contribution is 7.92. The molecule has 0 radical (unpaired) electrons. The van der Waals surface area contributed by atoms with E-state index in [4.69, 9.17) is 25.7 Å². The van der Waals surface area contributed by atoms with Gasteiger partial charge in [-0.1, -0.05) is 55.0 Å². The maximum Gasteiger partial charge on any atom is 0.411 e. The number of benzene rings is 2. The Balaban J connectivity index is 1.38. The second-order valence-electron chi connectivity index (χ2n) is 13.7. The highest BCUT2D eigenvalue weighted by Gasteiger charge is 2.48. The second-order valence-corrected chi connectivity index (χ2v) is 14.9. The molecule has 2 aromatic rings. The van der Waals surface area contributed by atoms with Crippen molar-refractivity contribution in [3.63, 3.8) is 0 Å². The van der Waals surface area contributed by atoms with E-state index in [1.54, 1.807) is 11.2 Å². The van der Waals surface area contributed by atoms with Crippen LogP contribution in [0.2, 0.25) is 0 Å². The van der Waals surface area contributed by atoms with Crippen LogP contribution < -0.4 is 26.4 Å².